The van der Waals surface area contributed by atoms with Crippen molar-refractivity contribution in [3.8, 4) is 0 Å². The Bertz CT molecular complexity index is 226. The van der Waals surface area contributed by atoms with Crippen molar-refractivity contribution in [3.63, 3.8) is 0 Å². The molecule has 0 aliphatic carbocycles. The number of halogens is 3. The molecule has 0 radical (unpaired) electrons. The highest BCUT2D eigenvalue weighted by atomic mass is 19.4. The molecule has 100 valence electrons. The van der Waals surface area contributed by atoms with Crippen LogP contribution in [0.1, 0.15) is 32.1 Å². The lowest BCUT2D eigenvalue weighted by Crippen LogP contribution is -2.47. The molecule has 2 nitrogen and oxygen atoms in total. The molecule has 0 aromatic rings. The third-order valence-corrected chi connectivity index (χ3v) is 4.03. The van der Waals surface area contributed by atoms with Crippen LogP contribution in [0.2, 0.25) is 0 Å². The molecular weight excluding hydrogens is 229 g/mol. The Morgan fingerprint density at radius 2 is 1.71 bits per heavy atom. The Labute approximate surface area is 101 Å². The number of nitrogens with zero attached hydrogens (tertiary/aromatic N) is 1. The van der Waals surface area contributed by atoms with E-state index in [1.54, 1.807) is 0 Å². The van der Waals surface area contributed by atoms with Crippen LogP contribution in [0.25, 0.3) is 0 Å². The Balaban J connectivity index is 1.81. The standard InChI is InChI=1S/C12H21F3N2/c13-12(14,15)10-4-7-17(8-5-10)11-3-1-2-6-16-9-11/h10-11,16H,1-9H2. The van der Waals surface area contributed by atoms with E-state index in [9.17, 15) is 13.2 Å². The first-order valence-electron chi connectivity index (χ1n) is 6.59. The van der Waals surface area contributed by atoms with E-state index in [1.807, 2.05) is 0 Å². The zero-order chi connectivity index (χ0) is 12.3. The molecular formula is C12H21F3N2. The molecule has 5 heteroatoms. The first-order chi connectivity index (χ1) is 8.07. The van der Waals surface area contributed by atoms with Gasteiger partial charge in [-0.3, -0.25) is 4.90 Å². The highest BCUT2D eigenvalue weighted by molar-refractivity contribution is 4.83. The predicted octanol–water partition coefficient (Wildman–Crippen LogP) is 2.40. The minimum Gasteiger partial charge on any atom is -0.315 e. The Hall–Kier alpha value is -0.290. The lowest BCUT2D eigenvalue weighted by Gasteiger charge is -2.37. The highest BCUT2D eigenvalue weighted by Gasteiger charge is 2.41. The van der Waals surface area contributed by atoms with Gasteiger partial charge >= 0.3 is 6.18 Å². The third kappa shape index (κ3) is 3.58. The van der Waals surface area contributed by atoms with Crippen molar-refractivity contribution in [2.24, 2.45) is 5.92 Å². The van der Waals surface area contributed by atoms with E-state index in [0.717, 1.165) is 19.5 Å². The molecule has 0 aromatic carbocycles. The van der Waals surface area contributed by atoms with Gasteiger partial charge in [0.1, 0.15) is 0 Å². The van der Waals surface area contributed by atoms with Crippen molar-refractivity contribution in [2.75, 3.05) is 26.2 Å². The summed E-state index contributed by atoms with van der Waals surface area (Å²) in [5.74, 6) is -1.07. The molecule has 0 amide bonds. The number of alkyl halides is 3. The van der Waals surface area contributed by atoms with Gasteiger partial charge in [0, 0.05) is 12.6 Å². The van der Waals surface area contributed by atoms with Crippen molar-refractivity contribution in [1.29, 1.82) is 0 Å². The van der Waals surface area contributed by atoms with Crippen LogP contribution in [-0.4, -0.2) is 43.3 Å². The van der Waals surface area contributed by atoms with E-state index in [0.29, 0.717) is 19.1 Å². The fraction of sp³-hybridized carbons (Fsp3) is 1.00. The van der Waals surface area contributed by atoms with Gasteiger partial charge in [-0.05, 0) is 45.3 Å². The Morgan fingerprint density at radius 1 is 1.00 bits per heavy atom. The Kier molecular flexibility index (Phi) is 4.31. The largest absolute Gasteiger partial charge is 0.391 e. The molecule has 2 saturated heterocycles. The summed E-state index contributed by atoms with van der Waals surface area (Å²) in [7, 11) is 0. The van der Waals surface area contributed by atoms with Crippen molar-refractivity contribution >= 4 is 0 Å². The van der Waals surface area contributed by atoms with E-state index in [-0.39, 0.29) is 12.8 Å². The normalized spacial score (nSPS) is 30.2. The van der Waals surface area contributed by atoms with Crippen LogP contribution in [0.5, 0.6) is 0 Å². The molecule has 0 bridgehead atoms. The van der Waals surface area contributed by atoms with Crippen LogP contribution < -0.4 is 5.32 Å². The number of rotatable bonds is 1. The number of nitrogens with one attached hydrogen (secondary N) is 1. The maximum Gasteiger partial charge on any atom is 0.391 e. The monoisotopic (exact) mass is 250 g/mol. The minimum absolute atomic E-state index is 0.278. The van der Waals surface area contributed by atoms with Crippen molar-refractivity contribution in [2.45, 2.75) is 44.3 Å². The van der Waals surface area contributed by atoms with Gasteiger partial charge in [0.15, 0.2) is 0 Å². The fourth-order valence-corrected chi connectivity index (χ4v) is 2.90. The molecule has 1 unspecified atom stereocenters. The summed E-state index contributed by atoms with van der Waals surface area (Å²) < 4.78 is 37.6. The van der Waals surface area contributed by atoms with E-state index < -0.39 is 12.1 Å². The van der Waals surface area contributed by atoms with Crippen LogP contribution in [0.15, 0.2) is 0 Å². The molecule has 0 aromatic heterocycles. The van der Waals surface area contributed by atoms with Crippen molar-refractivity contribution in [1.82, 2.24) is 10.2 Å². The van der Waals surface area contributed by atoms with Gasteiger partial charge in [-0.25, -0.2) is 0 Å². The second-order valence-corrected chi connectivity index (χ2v) is 5.21. The SMILES string of the molecule is FC(F)(F)C1CCN(C2CCCCNC2)CC1. The number of hydrogen-bond acceptors (Lipinski definition) is 2. The topological polar surface area (TPSA) is 15.3 Å². The summed E-state index contributed by atoms with van der Waals surface area (Å²) in [6, 6.07) is 0.451. The van der Waals surface area contributed by atoms with Gasteiger partial charge in [-0.15, -0.1) is 0 Å². The van der Waals surface area contributed by atoms with Crippen LogP contribution in [0, 0.1) is 5.92 Å². The van der Waals surface area contributed by atoms with E-state index >= 15 is 0 Å². The lowest BCUT2D eigenvalue weighted by atomic mass is 9.94. The second kappa shape index (κ2) is 5.57. The maximum atomic E-state index is 12.5. The minimum atomic E-state index is -3.99. The molecule has 2 heterocycles. The van der Waals surface area contributed by atoms with E-state index in [1.165, 1.54) is 12.8 Å². The van der Waals surface area contributed by atoms with Crippen LogP contribution in [0.4, 0.5) is 13.2 Å². The first-order valence-corrected chi connectivity index (χ1v) is 6.59. The summed E-state index contributed by atoms with van der Waals surface area (Å²) >= 11 is 0. The second-order valence-electron chi connectivity index (χ2n) is 5.21. The quantitative estimate of drug-likeness (QED) is 0.768. The summed E-state index contributed by atoms with van der Waals surface area (Å²) in [5, 5.41) is 3.37. The average Bonchev–Trinajstić information content (AvgIpc) is 2.56. The van der Waals surface area contributed by atoms with Gasteiger partial charge < -0.3 is 5.32 Å². The fourth-order valence-electron chi connectivity index (χ4n) is 2.90. The van der Waals surface area contributed by atoms with Crippen molar-refractivity contribution in [3.05, 3.63) is 0 Å². The number of piperidine rings is 1. The molecule has 2 fully saturated rings. The van der Waals surface area contributed by atoms with Gasteiger partial charge in [0.2, 0.25) is 0 Å². The van der Waals surface area contributed by atoms with Gasteiger partial charge in [0.05, 0.1) is 5.92 Å². The first kappa shape index (κ1) is 13.1. The Morgan fingerprint density at radius 3 is 2.35 bits per heavy atom. The third-order valence-electron chi connectivity index (χ3n) is 4.03. The molecule has 0 spiro atoms. The summed E-state index contributed by atoms with van der Waals surface area (Å²) in [5.41, 5.74) is 0. The zero-order valence-corrected chi connectivity index (χ0v) is 10.1. The van der Waals surface area contributed by atoms with Crippen LogP contribution >= 0.6 is 0 Å². The molecule has 0 saturated carbocycles. The smallest absolute Gasteiger partial charge is 0.315 e. The summed E-state index contributed by atoms with van der Waals surface area (Å²) in [4.78, 5) is 2.25. The van der Waals surface area contributed by atoms with Gasteiger partial charge in [-0.2, -0.15) is 13.2 Å². The summed E-state index contributed by atoms with van der Waals surface area (Å²) in [6.45, 7) is 3.21. The molecule has 2 aliphatic rings. The highest BCUT2D eigenvalue weighted by Crippen LogP contribution is 2.34. The summed E-state index contributed by atoms with van der Waals surface area (Å²) in [6.07, 6.45) is 0.0733. The molecule has 1 N–H and O–H groups in total. The molecule has 1 atom stereocenters. The average molecular weight is 250 g/mol. The van der Waals surface area contributed by atoms with Crippen LogP contribution in [-0.2, 0) is 0 Å². The van der Waals surface area contributed by atoms with E-state index in [4.69, 9.17) is 0 Å². The molecule has 2 rings (SSSR count). The number of likely N-dealkylation sites (tertiary alicyclic amines) is 1. The zero-order valence-electron chi connectivity index (χ0n) is 10.1. The maximum absolute atomic E-state index is 12.5. The van der Waals surface area contributed by atoms with Gasteiger partial charge in [0.25, 0.3) is 0 Å². The predicted molar refractivity (Wildman–Crippen MR) is 60.9 cm³/mol. The van der Waals surface area contributed by atoms with Crippen molar-refractivity contribution < 1.29 is 13.2 Å². The lowest BCUT2D eigenvalue weighted by molar-refractivity contribution is -0.186. The number of hydrogen-bond donors (Lipinski definition) is 1. The van der Waals surface area contributed by atoms with Gasteiger partial charge in [-0.1, -0.05) is 6.42 Å². The molecule has 2 aliphatic heterocycles. The van der Waals surface area contributed by atoms with Crippen LogP contribution in [0.3, 0.4) is 0 Å². The van der Waals surface area contributed by atoms with E-state index in [2.05, 4.69) is 10.2 Å². The molecule has 17 heavy (non-hydrogen) atoms.